The molecule has 5 nitrogen and oxygen atoms in total. The van der Waals surface area contributed by atoms with Crippen LogP contribution < -0.4 is 15.0 Å². The van der Waals surface area contributed by atoms with Gasteiger partial charge in [0.05, 0.1) is 6.61 Å². The molecule has 0 radical (unpaired) electrons. The van der Waals surface area contributed by atoms with E-state index in [0.29, 0.717) is 18.5 Å². The molecule has 1 atom stereocenters. The fourth-order valence-electron chi connectivity index (χ4n) is 2.46. The smallest absolute Gasteiger partial charge is 0.228 e. The van der Waals surface area contributed by atoms with E-state index in [1.807, 2.05) is 19.9 Å². The minimum atomic E-state index is 0.506. The average molecular weight is 264 g/mol. The maximum absolute atomic E-state index is 5.50. The summed E-state index contributed by atoms with van der Waals surface area (Å²) in [4.78, 5) is 11.2. The highest BCUT2D eigenvalue weighted by atomic mass is 16.5. The van der Waals surface area contributed by atoms with E-state index in [1.54, 1.807) is 0 Å². The minimum absolute atomic E-state index is 0.506. The summed E-state index contributed by atoms with van der Waals surface area (Å²) >= 11 is 0. The van der Waals surface area contributed by atoms with Crippen molar-refractivity contribution in [2.24, 2.45) is 0 Å². The molecule has 19 heavy (non-hydrogen) atoms. The average Bonchev–Trinajstić information content (AvgIpc) is 2.66. The van der Waals surface area contributed by atoms with E-state index in [2.05, 4.69) is 27.2 Å². The largest absolute Gasteiger partial charge is 0.478 e. The zero-order chi connectivity index (χ0) is 13.7. The summed E-state index contributed by atoms with van der Waals surface area (Å²) in [6.07, 6.45) is 3.53. The number of aromatic nitrogens is 2. The van der Waals surface area contributed by atoms with Crippen molar-refractivity contribution in [1.29, 1.82) is 0 Å². The molecule has 0 amide bonds. The first-order valence-electron chi connectivity index (χ1n) is 7.12. The van der Waals surface area contributed by atoms with Crippen LogP contribution in [0, 0.1) is 6.92 Å². The van der Waals surface area contributed by atoms with Crippen LogP contribution in [0.25, 0.3) is 0 Å². The van der Waals surface area contributed by atoms with E-state index in [9.17, 15) is 0 Å². The normalized spacial score (nSPS) is 19.8. The second-order valence-corrected chi connectivity index (χ2v) is 5.03. The number of ether oxygens (including phenoxy) is 1. The maximum Gasteiger partial charge on any atom is 0.228 e. The van der Waals surface area contributed by atoms with Crippen LogP contribution in [0.4, 0.5) is 5.95 Å². The van der Waals surface area contributed by atoms with Gasteiger partial charge in [0.25, 0.3) is 0 Å². The highest BCUT2D eigenvalue weighted by Gasteiger charge is 2.19. The highest BCUT2D eigenvalue weighted by Crippen LogP contribution is 2.20. The molecule has 0 aromatic carbocycles. The van der Waals surface area contributed by atoms with E-state index in [1.165, 1.54) is 12.8 Å². The number of hydrogen-bond acceptors (Lipinski definition) is 5. The first-order valence-corrected chi connectivity index (χ1v) is 7.12. The van der Waals surface area contributed by atoms with Crippen molar-refractivity contribution in [2.75, 3.05) is 31.6 Å². The highest BCUT2D eigenvalue weighted by molar-refractivity contribution is 5.34. The Bertz CT molecular complexity index is 402. The third-order valence-electron chi connectivity index (χ3n) is 3.52. The number of rotatable bonds is 4. The van der Waals surface area contributed by atoms with Crippen LogP contribution in [0.1, 0.15) is 31.9 Å². The number of anilines is 1. The van der Waals surface area contributed by atoms with Gasteiger partial charge in [-0.15, -0.1) is 0 Å². The molecule has 1 unspecified atom stereocenters. The monoisotopic (exact) mass is 264 g/mol. The lowest BCUT2D eigenvalue weighted by Gasteiger charge is -2.27. The lowest BCUT2D eigenvalue weighted by molar-refractivity contribution is 0.325. The van der Waals surface area contributed by atoms with E-state index in [4.69, 9.17) is 4.74 Å². The Balaban J connectivity index is 2.14. The van der Waals surface area contributed by atoms with Crippen LogP contribution in [0.5, 0.6) is 5.88 Å². The Hall–Kier alpha value is -1.36. The lowest BCUT2D eigenvalue weighted by Crippen LogP contribution is -2.33. The molecule has 1 saturated heterocycles. The van der Waals surface area contributed by atoms with Gasteiger partial charge in [0.1, 0.15) is 0 Å². The second-order valence-electron chi connectivity index (χ2n) is 5.03. The minimum Gasteiger partial charge on any atom is -0.478 e. The topological polar surface area (TPSA) is 50.3 Å². The van der Waals surface area contributed by atoms with Crippen LogP contribution in [-0.2, 0) is 0 Å². The molecule has 2 rings (SSSR count). The van der Waals surface area contributed by atoms with E-state index in [0.717, 1.165) is 31.2 Å². The summed E-state index contributed by atoms with van der Waals surface area (Å²) in [5.41, 5.74) is 0.951. The van der Waals surface area contributed by atoms with Gasteiger partial charge in [-0.05, 0) is 46.2 Å². The van der Waals surface area contributed by atoms with Gasteiger partial charge in [0, 0.05) is 24.8 Å². The fourth-order valence-corrected chi connectivity index (χ4v) is 2.46. The zero-order valence-electron chi connectivity index (χ0n) is 12.1. The van der Waals surface area contributed by atoms with Gasteiger partial charge in [-0.2, -0.15) is 4.98 Å². The molecule has 1 aliphatic rings. The molecule has 106 valence electrons. The molecular formula is C14H24N4O. The third-order valence-corrected chi connectivity index (χ3v) is 3.52. The molecule has 0 saturated carbocycles. The van der Waals surface area contributed by atoms with Crippen LogP contribution in [0.3, 0.4) is 0 Å². The third kappa shape index (κ3) is 3.80. The summed E-state index contributed by atoms with van der Waals surface area (Å²) in [7, 11) is 2.08. The lowest BCUT2D eigenvalue weighted by atomic mass is 10.1. The molecule has 1 aromatic rings. The van der Waals surface area contributed by atoms with Gasteiger partial charge < -0.3 is 15.0 Å². The van der Waals surface area contributed by atoms with Gasteiger partial charge in [0.15, 0.2) is 0 Å². The molecule has 5 heteroatoms. The summed E-state index contributed by atoms with van der Waals surface area (Å²) in [6, 6.07) is 2.39. The molecule has 1 N–H and O–H groups in total. The first kappa shape index (κ1) is 14.1. The number of hydrogen-bond donors (Lipinski definition) is 1. The first-order chi connectivity index (χ1) is 9.20. The van der Waals surface area contributed by atoms with Crippen molar-refractivity contribution in [2.45, 2.75) is 39.2 Å². The molecular weight excluding hydrogens is 240 g/mol. The summed E-state index contributed by atoms with van der Waals surface area (Å²) in [5.74, 6) is 1.44. The maximum atomic E-state index is 5.50. The van der Waals surface area contributed by atoms with Crippen molar-refractivity contribution in [3.63, 3.8) is 0 Å². The molecule has 0 aliphatic carbocycles. The van der Waals surface area contributed by atoms with Crippen molar-refractivity contribution in [3.8, 4) is 5.88 Å². The Labute approximate surface area is 115 Å². The van der Waals surface area contributed by atoms with Gasteiger partial charge in [-0.1, -0.05) is 0 Å². The van der Waals surface area contributed by atoms with Crippen molar-refractivity contribution in [3.05, 3.63) is 11.8 Å². The van der Waals surface area contributed by atoms with Gasteiger partial charge in [-0.25, -0.2) is 4.98 Å². The van der Waals surface area contributed by atoms with Gasteiger partial charge in [0.2, 0.25) is 11.8 Å². The second kappa shape index (κ2) is 6.70. The summed E-state index contributed by atoms with van der Waals surface area (Å²) < 4.78 is 5.50. The Morgan fingerprint density at radius 3 is 3.00 bits per heavy atom. The molecule has 0 spiro atoms. The SMILES string of the molecule is CCOc1cc(C)nc(N(C)C2CCCNCC2)n1. The Kier molecular flexibility index (Phi) is 4.96. The van der Waals surface area contributed by atoms with E-state index in [-0.39, 0.29) is 0 Å². The number of nitrogens with one attached hydrogen (secondary N) is 1. The molecule has 0 bridgehead atoms. The van der Waals surface area contributed by atoms with E-state index >= 15 is 0 Å². The predicted molar refractivity (Wildman–Crippen MR) is 76.8 cm³/mol. The summed E-state index contributed by atoms with van der Waals surface area (Å²) in [6.45, 7) is 6.77. The van der Waals surface area contributed by atoms with E-state index < -0.39 is 0 Å². The van der Waals surface area contributed by atoms with Crippen molar-refractivity contribution in [1.82, 2.24) is 15.3 Å². The number of aryl methyl sites for hydroxylation is 1. The van der Waals surface area contributed by atoms with Crippen molar-refractivity contribution < 1.29 is 4.74 Å². The van der Waals surface area contributed by atoms with Crippen molar-refractivity contribution >= 4 is 5.95 Å². The summed E-state index contributed by atoms with van der Waals surface area (Å²) in [5, 5.41) is 3.43. The Morgan fingerprint density at radius 2 is 2.21 bits per heavy atom. The molecule has 1 aromatic heterocycles. The van der Waals surface area contributed by atoms with Crippen LogP contribution in [-0.4, -0.2) is 42.8 Å². The molecule has 2 heterocycles. The number of nitrogens with zero attached hydrogens (tertiary/aromatic N) is 3. The standard InChI is InChI=1S/C14H24N4O/c1-4-19-13-10-11(2)16-14(17-13)18(3)12-6-5-8-15-9-7-12/h10,12,15H,4-9H2,1-3H3. The zero-order valence-corrected chi connectivity index (χ0v) is 12.1. The predicted octanol–water partition coefficient (Wildman–Crippen LogP) is 1.76. The Morgan fingerprint density at radius 1 is 1.37 bits per heavy atom. The molecule has 1 aliphatic heterocycles. The fraction of sp³-hybridized carbons (Fsp3) is 0.714. The van der Waals surface area contributed by atoms with Crippen LogP contribution in [0.15, 0.2) is 6.07 Å². The van der Waals surface area contributed by atoms with Crippen LogP contribution in [0.2, 0.25) is 0 Å². The van der Waals surface area contributed by atoms with Crippen LogP contribution >= 0.6 is 0 Å². The molecule has 1 fully saturated rings. The quantitative estimate of drug-likeness (QED) is 0.898. The van der Waals surface area contributed by atoms with Gasteiger partial charge in [-0.3, -0.25) is 0 Å². The van der Waals surface area contributed by atoms with Gasteiger partial charge >= 0.3 is 0 Å².